The number of hydrogen-bond acceptors (Lipinski definition) is 4. The number of amides is 2. The molecule has 1 unspecified atom stereocenters. The fourth-order valence-corrected chi connectivity index (χ4v) is 5.52. The Hall–Kier alpha value is -3.65. The van der Waals surface area contributed by atoms with Crippen LogP contribution >= 0.6 is 0 Å². The molecular weight excluding hydrogens is 456 g/mol. The largest absolute Gasteiger partial charge is 0.465 e. The molecule has 2 aliphatic rings. The number of aromatic nitrogens is 2. The van der Waals surface area contributed by atoms with Crippen LogP contribution in [0.5, 0.6) is 0 Å². The number of imidazole rings is 1. The van der Waals surface area contributed by atoms with Crippen molar-refractivity contribution >= 4 is 12.0 Å². The highest BCUT2D eigenvalue weighted by atomic mass is 16.4. The Kier molecular flexibility index (Phi) is 6.53. The first kappa shape index (κ1) is 24.1. The van der Waals surface area contributed by atoms with E-state index in [1.807, 2.05) is 44.2 Å². The monoisotopic (exact) mass is 488 g/mol. The summed E-state index contributed by atoms with van der Waals surface area (Å²) in [4.78, 5) is 33.2. The lowest BCUT2D eigenvalue weighted by molar-refractivity contribution is -0.0142. The summed E-state index contributed by atoms with van der Waals surface area (Å²) in [7, 11) is 0. The lowest BCUT2D eigenvalue weighted by atomic mass is 9.95. The predicted octanol–water partition coefficient (Wildman–Crippen LogP) is 3.71. The van der Waals surface area contributed by atoms with E-state index in [1.54, 1.807) is 11.2 Å². The molecule has 0 spiro atoms. The first-order valence-electron chi connectivity index (χ1n) is 12.5. The Bertz CT molecular complexity index is 1230. The van der Waals surface area contributed by atoms with E-state index < -0.39 is 18.2 Å². The van der Waals surface area contributed by atoms with Crippen LogP contribution in [0.15, 0.2) is 60.9 Å². The van der Waals surface area contributed by atoms with Gasteiger partial charge in [0.05, 0.1) is 24.2 Å². The van der Waals surface area contributed by atoms with Gasteiger partial charge < -0.3 is 24.6 Å². The summed E-state index contributed by atoms with van der Waals surface area (Å²) < 4.78 is 2.12. The van der Waals surface area contributed by atoms with Crippen molar-refractivity contribution in [3.8, 4) is 11.3 Å². The molecule has 8 heteroatoms. The summed E-state index contributed by atoms with van der Waals surface area (Å²) in [6, 6.07) is 17.7. The molecule has 2 aromatic carbocycles. The Morgan fingerprint density at radius 2 is 1.61 bits per heavy atom. The van der Waals surface area contributed by atoms with E-state index in [9.17, 15) is 19.8 Å². The second-order valence-electron chi connectivity index (χ2n) is 10.1. The molecule has 1 saturated heterocycles. The zero-order chi connectivity index (χ0) is 25.4. The quantitative estimate of drug-likeness (QED) is 0.571. The molecule has 188 valence electrons. The smallest absolute Gasteiger partial charge is 0.407 e. The summed E-state index contributed by atoms with van der Waals surface area (Å²) in [5, 5.41) is 20.5. The van der Waals surface area contributed by atoms with Gasteiger partial charge in [0.15, 0.2) is 5.69 Å². The van der Waals surface area contributed by atoms with Gasteiger partial charge in [0.2, 0.25) is 0 Å². The molecule has 2 atom stereocenters. The Morgan fingerprint density at radius 3 is 2.22 bits per heavy atom. The highest BCUT2D eigenvalue weighted by Gasteiger charge is 2.40. The first-order valence-corrected chi connectivity index (χ1v) is 12.5. The van der Waals surface area contributed by atoms with Crippen molar-refractivity contribution in [1.82, 2.24) is 19.4 Å². The molecule has 3 aromatic rings. The average Bonchev–Trinajstić information content (AvgIpc) is 3.52. The molecule has 1 fully saturated rings. The number of hydrogen-bond donors (Lipinski definition) is 2. The highest BCUT2D eigenvalue weighted by Crippen LogP contribution is 2.35. The molecule has 0 radical (unpaired) electrons. The number of carboxylic acid groups (broad SMARTS) is 1. The van der Waals surface area contributed by atoms with Gasteiger partial charge in [-0.3, -0.25) is 4.79 Å². The molecule has 2 N–H and O–H groups in total. The molecule has 1 aromatic heterocycles. The number of piperazine rings is 1. The highest BCUT2D eigenvalue weighted by molar-refractivity contribution is 5.98. The third-order valence-corrected chi connectivity index (χ3v) is 7.49. The van der Waals surface area contributed by atoms with Gasteiger partial charge in [-0.25, -0.2) is 9.78 Å². The zero-order valence-electron chi connectivity index (χ0n) is 20.6. The second kappa shape index (κ2) is 9.78. The Labute approximate surface area is 210 Å². The molecule has 5 rings (SSSR count). The van der Waals surface area contributed by atoms with E-state index in [1.165, 1.54) is 16.0 Å². The van der Waals surface area contributed by atoms with Crippen molar-refractivity contribution in [2.75, 3.05) is 19.6 Å². The van der Waals surface area contributed by atoms with Gasteiger partial charge in [0.25, 0.3) is 5.91 Å². The van der Waals surface area contributed by atoms with E-state index in [2.05, 4.69) is 33.8 Å². The van der Waals surface area contributed by atoms with E-state index >= 15 is 0 Å². The number of aliphatic hydroxyl groups excluding tert-OH is 1. The molecule has 1 aliphatic heterocycles. The number of rotatable bonds is 5. The van der Waals surface area contributed by atoms with Crippen LogP contribution in [0.25, 0.3) is 11.3 Å². The van der Waals surface area contributed by atoms with Crippen molar-refractivity contribution < 1.29 is 19.8 Å². The maximum Gasteiger partial charge on any atom is 0.407 e. The first-order chi connectivity index (χ1) is 17.3. The molecule has 0 saturated carbocycles. The fourth-order valence-electron chi connectivity index (χ4n) is 5.52. The maximum atomic E-state index is 14.0. The molecule has 2 heterocycles. The number of benzene rings is 2. The van der Waals surface area contributed by atoms with Crippen LogP contribution in [0.4, 0.5) is 4.79 Å². The van der Waals surface area contributed by atoms with Crippen LogP contribution < -0.4 is 0 Å². The minimum Gasteiger partial charge on any atom is -0.465 e. The number of fused-ring (bicyclic) bond motifs is 1. The predicted molar refractivity (Wildman–Crippen MR) is 136 cm³/mol. The van der Waals surface area contributed by atoms with Crippen LogP contribution in [0.2, 0.25) is 0 Å². The van der Waals surface area contributed by atoms with Crippen LogP contribution in [-0.2, 0) is 12.8 Å². The SMILES string of the molecule is CC(C)C(O)[C@@H]1CN(C(=O)O)CCN1C(=O)c1ncn(C2Cc3ccccc3C2)c1-c1ccccc1. The molecule has 0 bridgehead atoms. The molecule has 36 heavy (non-hydrogen) atoms. The third kappa shape index (κ3) is 4.37. The lowest BCUT2D eigenvalue weighted by Gasteiger charge is -2.43. The second-order valence-corrected chi connectivity index (χ2v) is 10.1. The van der Waals surface area contributed by atoms with E-state index in [-0.39, 0.29) is 37.5 Å². The summed E-state index contributed by atoms with van der Waals surface area (Å²) in [5.74, 6) is -0.417. The number of aliphatic hydroxyl groups is 1. The van der Waals surface area contributed by atoms with Crippen molar-refractivity contribution in [1.29, 1.82) is 0 Å². The van der Waals surface area contributed by atoms with Gasteiger partial charge in [-0.1, -0.05) is 68.4 Å². The third-order valence-electron chi connectivity index (χ3n) is 7.49. The van der Waals surface area contributed by atoms with Crippen molar-refractivity contribution in [2.45, 2.75) is 44.9 Å². The zero-order valence-corrected chi connectivity index (χ0v) is 20.6. The van der Waals surface area contributed by atoms with Crippen LogP contribution in [0.3, 0.4) is 0 Å². The summed E-state index contributed by atoms with van der Waals surface area (Å²) in [6.45, 7) is 4.21. The minimum absolute atomic E-state index is 0.0692. The lowest BCUT2D eigenvalue weighted by Crippen LogP contribution is -2.61. The number of nitrogens with zero attached hydrogens (tertiary/aromatic N) is 4. The van der Waals surface area contributed by atoms with Crippen molar-refractivity contribution in [2.24, 2.45) is 5.92 Å². The van der Waals surface area contributed by atoms with Gasteiger partial charge in [-0.2, -0.15) is 0 Å². The fraction of sp³-hybridized carbons (Fsp3) is 0.393. The molecule has 8 nitrogen and oxygen atoms in total. The number of carbonyl (C=O) groups excluding carboxylic acids is 1. The normalized spacial score (nSPS) is 18.9. The van der Waals surface area contributed by atoms with Gasteiger partial charge in [-0.05, 0) is 29.9 Å². The summed E-state index contributed by atoms with van der Waals surface area (Å²) in [5.41, 5.74) is 4.62. The van der Waals surface area contributed by atoms with Crippen molar-refractivity contribution in [3.63, 3.8) is 0 Å². The van der Waals surface area contributed by atoms with Gasteiger partial charge in [-0.15, -0.1) is 0 Å². The van der Waals surface area contributed by atoms with Crippen LogP contribution in [0.1, 0.15) is 41.5 Å². The van der Waals surface area contributed by atoms with Crippen LogP contribution in [-0.4, -0.2) is 73.3 Å². The maximum absolute atomic E-state index is 14.0. The minimum atomic E-state index is -1.04. The Balaban J connectivity index is 1.53. The molecular formula is C28H32N4O4. The van der Waals surface area contributed by atoms with Gasteiger partial charge >= 0.3 is 6.09 Å². The molecule has 1 aliphatic carbocycles. The standard InChI is InChI=1S/C28H32N4O4/c1-18(2)26(33)23-16-30(28(35)36)12-13-31(23)27(34)24-25(19-8-4-3-5-9-19)32(17-29-24)22-14-20-10-6-7-11-21(20)15-22/h3-11,17-18,22-23,26,33H,12-16H2,1-2H3,(H,35,36)/t23-,26?/m0/s1. The van der Waals surface area contributed by atoms with Crippen molar-refractivity contribution in [3.05, 3.63) is 77.7 Å². The average molecular weight is 489 g/mol. The van der Waals surface area contributed by atoms with E-state index in [0.717, 1.165) is 24.1 Å². The van der Waals surface area contributed by atoms with E-state index in [0.29, 0.717) is 5.69 Å². The van der Waals surface area contributed by atoms with E-state index in [4.69, 9.17) is 0 Å². The van der Waals surface area contributed by atoms with Crippen LogP contribution in [0, 0.1) is 5.92 Å². The molecule has 2 amide bonds. The van der Waals surface area contributed by atoms with Gasteiger partial charge in [0.1, 0.15) is 0 Å². The summed E-state index contributed by atoms with van der Waals surface area (Å²) in [6.07, 6.45) is 1.59. The Morgan fingerprint density at radius 1 is 0.972 bits per heavy atom. The number of carbonyl (C=O) groups is 2. The summed E-state index contributed by atoms with van der Waals surface area (Å²) >= 11 is 0. The topological polar surface area (TPSA) is 98.9 Å². The van der Waals surface area contributed by atoms with Gasteiger partial charge in [0, 0.05) is 31.2 Å².